The first-order chi connectivity index (χ1) is 14.5. The van der Waals surface area contributed by atoms with E-state index in [1.165, 1.54) is 7.11 Å². The van der Waals surface area contributed by atoms with Crippen LogP contribution in [-0.2, 0) is 23.2 Å². The summed E-state index contributed by atoms with van der Waals surface area (Å²) in [4.78, 5) is 38.6. The van der Waals surface area contributed by atoms with Crippen molar-refractivity contribution in [1.29, 1.82) is 0 Å². The second kappa shape index (κ2) is 7.90. The molecule has 8 nitrogen and oxygen atoms in total. The Morgan fingerprint density at radius 2 is 1.97 bits per heavy atom. The van der Waals surface area contributed by atoms with Crippen molar-refractivity contribution in [3.63, 3.8) is 0 Å². The molecule has 1 fully saturated rings. The normalized spacial score (nSPS) is 16.1. The van der Waals surface area contributed by atoms with Crippen LogP contribution in [0.15, 0.2) is 54.7 Å². The molecule has 2 heterocycles. The van der Waals surface area contributed by atoms with Gasteiger partial charge in [0.15, 0.2) is 0 Å². The molecule has 1 aromatic heterocycles. The fourth-order valence-corrected chi connectivity index (χ4v) is 3.61. The maximum atomic E-state index is 12.7. The maximum Gasteiger partial charge on any atom is 0.325 e. The number of fused-ring (bicyclic) bond motifs is 1. The molecule has 1 aliphatic heterocycles. The molecular formula is C22H22N4O4. The number of nitrogens with one attached hydrogen (secondary N) is 2. The van der Waals surface area contributed by atoms with Crippen LogP contribution in [0.25, 0.3) is 10.9 Å². The summed E-state index contributed by atoms with van der Waals surface area (Å²) in [6.07, 6.45) is 1.80. The Morgan fingerprint density at radius 3 is 2.77 bits per heavy atom. The van der Waals surface area contributed by atoms with Crippen molar-refractivity contribution in [3.05, 3.63) is 60.3 Å². The molecule has 1 saturated heterocycles. The van der Waals surface area contributed by atoms with Crippen LogP contribution in [0, 0.1) is 0 Å². The van der Waals surface area contributed by atoms with E-state index >= 15 is 0 Å². The average molecular weight is 406 g/mol. The highest BCUT2D eigenvalue weighted by atomic mass is 16.5. The highest BCUT2D eigenvalue weighted by Crippen LogP contribution is 2.23. The summed E-state index contributed by atoms with van der Waals surface area (Å²) in [5.41, 5.74) is 2.34. The average Bonchev–Trinajstić information content (AvgIpc) is 3.22. The number of amides is 4. The number of rotatable bonds is 6. The lowest BCUT2D eigenvalue weighted by Gasteiger charge is -2.15. The minimum absolute atomic E-state index is 0.0803. The number of methoxy groups -OCH3 is 1. The van der Waals surface area contributed by atoms with E-state index in [0.29, 0.717) is 17.0 Å². The van der Waals surface area contributed by atoms with Gasteiger partial charge < -0.3 is 19.9 Å². The lowest BCUT2D eigenvalue weighted by atomic mass is 10.1. The van der Waals surface area contributed by atoms with Crippen LogP contribution in [0.2, 0.25) is 0 Å². The third-order valence-corrected chi connectivity index (χ3v) is 5.19. The van der Waals surface area contributed by atoms with Crippen molar-refractivity contribution in [2.75, 3.05) is 12.4 Å². The molecule has 154 valence electrons. The van der Waals surface area contributed by atoms with Crippen LogP contribution in [0.5, 0.6) is 5.75 Å². The zero-order valence-corrected chi connectivity index (χ0v) is 16.7. The van der Waals surface area contributed by atoms with Gasteiger partial charge in [-0.2, -0.15) is 0 Å². The number of nitrogens with zero attached hydrogens (tertiary/aromatic N) is 2. The lowest BCUT2D eigenvalue weighted by molar-refractivity contribution is -0.130. The summed E-state index contributed by atoms with van der Waals surface area (Å²) in [5.74, 6) is -0.185. The molecule has 1 atom stereocenters. The quantitative estimate of drug-likeness (QED) is 0.616. The number of benzene rings is 2. The molecule has 0 unspecified atom stereocenters. The molecule has 1 aliphatic rings. The van der Waals surface area contributed by atoms with E-state index < -0.39 is 18.0 Å². The number of carbonyl (C=O) groups is 3. The first kappa shape index (κ1) is 19.5. The van der Waals surface area contributed by atoms with E-state index in [4.69, 9.17) is 4.74 Å². The van der Waals surface area contributed by atoms with E-state index in [2.05, 4.69) is 10.6 Å². The number of ether oxygens (including phenoxy) is 1. The minimum Gasteiger partial charge on any atom is -0.496 e. The first-order valence-electron chi connectivity index (χ1n) is 9.55. The standard InChI is InChI=1S/C22H22N4O4/c1-25-10-9-14-7-8-16(11-18(14)25)23-20(27)12-17-21(28)26(22(29)24-17)13-15-5-3-4-6-19(15)30-2/h3-11,17H,12-13H2,1-2H3,(H,23,27)(H,24,29)/t17-/m0/s1. The molecule has 8 heteroatoms. The Balaban J connectivity index is 1.41. The zero-order valence-electron chi connectivity index (χ0n) is 16.7. The molecule has 0 saturated carbocycles. The van der Waals surface area contributed by atoms with Crippen LogP contribution in [0.1, 0.15) is 12.0 Å². The second-order valence-electron chi connectivity index (χ2n) is 7.19. The summed E-state index contributed by atoms with van der Waals surface area (Å²) in [5, 5.41) is 6.47. The molecule has 0 radical (unpaired) electrons. The molecule has 3 aromatic rings. The minimum atomic E-state index is -0.897. The summed E-state index contributed by atoms with van der Waals surface area (Å²) >= 11 is 0. The predicted molar refractivity (Wildman–Crippen MR) is 112 cm³/mol. The Hall–Kier alpha value is -3.81. The van der Waals surface area contributed by atoms with Gasteiger partial charge in [0.1, 0.15) is 11.8 Å². The Kier molecular flexibility index (Phi) is 5.14. The van der Waals surface area contributed by atoms with Crippen molar-refractivity contribution in [1.82, 2.24) is 14.8 Å². The number of aryl methyl sites for hydroxylation is 1. The zero-order chi connectivity index (χ0) is 21.3. The lowest BCUT2D eigenvalue weighted by Crippen LogP contribution is -2.34. The monoisotopic (exact) mass is 406 g/mol. The van der Waals surface area contributed by atoms with Gasteiger partial charge in [0, 0.05) is 30.0 Å². The van der Waals surface area contributed by atoms with Gasteiger partial charge in [0.2, 0.25) is 5.91 Å². The van der Waals surface area contributed by atoms with Gasteiger partial charge in [-0.15, -0.1) is 0 Å². The van der Waals surface area contributed by atoms with E-state index in [1.807, 2.05) is 54.2 Å². The molecule has 0 bridgehead atoms. The van der Waals surface area contributed by atoms with Gasteiger partial charge in [0.05, 0.1) is 20.1 Å². The number of aromatic nitrogens is 1. The number of hydrogen-bond donors (Lipinski definition) is 2. The molecule has 0 aliphatic carbocycles. The number of para-hydroxylation sites is 1. The van der Waals surface area contributed by atoms with Gasteiger partial charge in [-0.05, 0) is 29.7 Å². The summed E-state index contributed by atoms with van der Waals surface area (Å²) in [6.45, 7) is 0.0803. The third-order valence-electron chi connectivity index (χ3n) is 5.19. The number of urea groups is 1. The van der Waals surface area contributed by atoms with Gasteiger partial charge in [-0.25, -0.2) is 4.79 Å². The van der Waals surface area contributed by atoms with E-state index in [1.54, 1.807) is 12.1 Å². The molecular weight excluding hydrogens is 384 g/mol. The number of imide groups is 1. The van der Waals surface area contributed by atoms with Crippen molar-refractivity contribution >= 4 is 34.4 Å². The summed E-state index contributed by atoms with van der Waals surface area (Å²) in [7, 11) is 3.46. The van der Waals surface area contributed by atoms with Crippen molar-refractivity contribution in [3.8, 4) is 5.75 Å². The number of hydrogen-bond acceptors (Lipinski definition) is 4. The predicted octanol–water partition coefficient (Wildman–Crippen LogP) is 2.64. The molecule has 0 spiro atoms. The number of anilines is 1. The van der Waals surface area contributed by atoms with Crippen LogP contribution in [-0.4, -0.2) is 40.5 Å². The molecule has 4 rings (SSSR count). The van der Waals surface area contributed by atoms with Crippen molar-refractivity contribution < 1.29 is 19.1 Å². The van der Waals surface area contributed by atoms with Gasteiger partial charge >= 0.3 is 6.03 Å². The van der Waals surface area contributed by atoms with Crippen LogP contribution in [0.3, 0.4) is 0 Å². The molecule has 4 amide bonds. The van der Waals surface area contributed by atoms with Gasteiger partial charge in [-0.3, -0.25) is 14.5 Å². The third kappa shape index (κ3) is 3.71. The topological polar surface area (TPSA) is 92.7 Å². The fourth-order valence-electron chi connectivity index (χ4n) is 3.61. The van der Waals surface area contributed by atoms with Crippen LogP contribution < -0.4 is 15.4 Å². The van der Waals surface area contributed by atoms with E-state index in [-0.39, 0.29) is 18.9 Å². The fraction of sp³-hybridized carbons (Fsp3) is 0.227. The Labute approximate surface area is 173 Å². The summed E-state index contributed by atoms with van der Waals surface area (Å²) in [6, 6.07) is 13.4. The highest BCUT2D eigenvalue weighted by molar-refractivity contribution is 6.07. The van der Waals surface area contributed by atoms with E-state index in [9.17, 15) is 14.4 Å². The Morgan fingerprint density at radius 1 is 1.17 bits per heavy atom. The SMILES string of the molecule is COc1ccccc1CN1C(=O)N[C@@H](CC(=O)Nc2ccc3ccn(C)c3c2)C1=O. The van der Waals surface area contributed by atoms with Gasteiger partial charge in [-0.1, -0.05) is 24.3 Å². The summed E-state index contributed by atoms with van der Waals surface area (Å²) < 4.78 is 7.24. The smallest absolute Gasteiger partial charge is 0.325 e. The maximum absolute atomic E-state index is 12.7. The van der Waals surface area contributed by atoms with Crippen molar-refractivity contribution in [2.45, 2.75) is 19.0 Å². The molecule has 2 N–H and O–H groups in total. The van der Waals surface area contributed by atoms with Crippen molar-refractivity contribution in [2.24, 2.45) is 7.05 Å². The Bertz CT molecular complexity index is 1140. The first-order valence-corrected chi connectivity index (χ1v) is 9.55. The van der Waals surface area contributed by atoms with Crippen LogP contribution >= 0.6 is 0 Å². The van der Waals surface area contributed by atoms with E-state index in [0.717, 1.165) is 15.8 Å². The van der Waals surface area contributed by atoms with Crippen LogP contribution in [0.4, 0.5) is 10.5 Å². The highest BCUT2D eigenvalue weighted by Gasteiger charge is 2.39. The molecule has 30 heavy (non-hydrogen) atoms. The van der Waals surface area contributed by atoms with Gasteiger partial charge in [0.25, 0.3) is 5.91 Å². The number of carbonyl (C=O) groups excluding carboxylic acids is 3. The largest absolute Gasteiger partial charge is 0.496 e. The second-order valence-corrected chi connectivity index (χ2v) is 7.19. The molecule has 2 aromatic carbocycles.